The van der Waals surface area contributed by atoms with Crippen LogP contribution in [-0.2, 0) is 29.1 Å². The zero-order valence-corrected chi connectivity index (χ0v) is 67.8. The van der Waals surface area contributed by atoms with E-state index in [9.17, 15) is 0 Å². The van der Waals surface area contributed by atoms with Gasteiger partial charge >= 0.3 is 0 Å². The molecule has 1 heterocycles. The van der Waals surface area contributed by atoms with Crippen molar-refractivity contribution < 1.29 is 0 Å². The van der Waals surface area contributed by atoms with Gasteiger partial charge in [-0.1, -0.05) is 323 Å². The van der Waals surface area contributed by atoms with E-state index in [-0.39, 0.29) is 16.2 Å². The minimum Gasteiger partial charge on any atom is -0.311 e. The molecule has 0 saturated heterocycles. The van der Waals surface area contributed by atoms with E-state index in [4.69, 9.17) is 0 Å². The van der Waals surface area contributed by atoms with Crippen LogP contribution in [0.15, 0.2) is 237 Å². The summed E-state index contributed by atoms with van der Waals surface area (Å²) in [6, 6.07) is 92.2. The number of benzene rings is 11. The van der Waals surface area contributed by atoms with Crippen molar-refractivity contribution in [2.45, 2.75) is 253 Å². The quantitative estimate of drug-likeness (QED) is 0.0373. The minimum atomic E-state index is -0.0288. The highest BCUT2D eigenvalue weighted by Crippen LogP contribution is 2.57. The van der Waals surface area contributed by atoms with Gasteiger partial charge in [-0.05, 0) is 250 Å². The molecule has 0 N–H and O–H groups in total. The molecule has 1 aliphatic carbocycles. The first-order chi connectivity index (χ1) is 52.5. The molecular formula is C105H123N3. The van der Waals surface area contributed by atoms with Crippen LogP contribution >= 0.6 is 0 Å². The lowest BCUT2D eigenvalue weighted by molar-refractivity contribution is 0.398. The third-order valence-electron chi connectivity index (χ3n) is 23.9. The predicted octanol–water partition coefficient (Wildman–Crippen LogP) is 31.9. The summed E-state index contributed by atoms with van der Waals surface area (Å²) < 4.78 is 2.75. The number of anilines is 6. The van der Waals surface area contributed by atoms with Gasteiger partial charge in [0.1, 0.15) is 0 Å². The lowest BCUT2D eigenvalue weighted by atomic mass is 9.70. The topological polar surface area (TPSA) is 11.4 Å². The third kappa shape index (κ3) is 17.3. The van der Waals surface area contributed by atoms with E-state index < -0.39 is 0 Å². The minimum absolute atomic E-state index is 0.0281. The second kappa shape index (κ2) is 35.0. The van der Waals surface area contributed by atoms with Crippen LogP contribution in [0.4, 0.5) is 34.1 Å². The Hall–Kier alpha value is -9.18. The Labute approximate surface area is 650 Å². The Morgan fingerprint density at radius 1 is 0.296 bits per heavy atom. The van der Waals surface area contributed by atoms with Gasteiger partial charge in [0.15, 0.2) is 0 Å². The van der Waals surface area contributed by atoms with E-state index in [1.165, 1.54) is 234 Å². The fourth-order valence-corrected chi connectivity index (χ4v) is 17.5. The number of unbranched alkanes of at least 4 members (excludes halogenated alkanes) is 16. The Morgan fingerprint density at radius 3 is 1.19 bits per heavy atom. The normalized spacial score (nSPS) is 12.7. The van der Waals surface area contributed by atoms with Gasteiger partial charge in [0.05, 0.1) is 11.0 Å². The molecule has 0 radical (unpaired) electrons. The molecular weight excluding hydrogens is 1300 g/mol. The van der Waals surface area contributed by atoms with Crippen LogP contribution in [0.3, 0.4) is 0 Å². The van der Waals surface area contributed by atoms with Gasteiger partial charge in [-0.25, -0.2) is 0 Å². The monoisotopic (exact) mass is 1430 g/mol. The first-order valence-corrected chi connectivity index (χ1v) is 42.1. The summed E-state index contributed by atoms with van der Waals surface area (Å²) in [6.45, 7) is 27.6. The van der Waals surface area contributed by atoms with Gasteiger partial charge in [0.25, 0.3) is 0 Å². The Kier molecular flexibility index (Phi) is 25.0. The number of hydrogen-bond donors (Lipinski definition) is 0. The molecule has 558 valence electrons. The maximum absolute atomic E-state index is 2.76. The van der Waals surface area contributed by atoms with Crippen LogP contribution in [0, 0.1) is 13.8 Å². The molecule has 108 heavy (non-hydrogen) atoms. The number of nitrogens with zero attached hydrogens (tertiary/aromatic N) is 3. The predicted molar refractivity (Wildman–Crippen MR) is 471 cm³/mol. The maximum atomic E-state index is 2.76. The van der Waals surface area contributed by atoms with Gasteiger partial charge < -0.3 is 14.4 Å². The fourth-order valence-electron chi connectivity index (χ4n) is 17.5. The van der Waals surface area contributed by atoms with Crippen LogP contribution < -0.4 is 9.80 Å². The van der Waals surface area contributed by atoms with Crippen LogP contribution in [0.5, 0.6) is 0 Å². The second-order valence-electron chi connectivity index (χ2n) is 34.0. The molecule has 0 aliphatic heterocycles. The van der Waals surface area contributed by atoms with Crippen molar-refractivity contribution in [1.82, 2.24) is 4.57 Å². The van der Waals surface area contributed by atoms with E-state index in [1.807, 2.05) is 0 Å². The molecule has 11 aromatic carbocycles. The summed E-state index contributed by atoms with van der Waals surface area (Å²) in [5.41, 5.74) is 32.7. The van der Waals surface area contributed by atoms with Gasteiger partial charge in [0, 0.05) is 56.0 Å². The van der Waals surface area contributed by atoms with Crippen molar-refractivity contribution in [1.29, 1.82) is 0 Å². The molecule has 3 nitrogen and oxygen atoms in total. The molecule has 12 aromatic rings. The van der Waals surface area contributed by atoms with Gasteiger partial charge in [-0.15, -0.1) is 0 Å². The first-order valence-electron chi connectivity index (χ1n) is 42.1. The van der Waals surface area contributed by atoms with Crippen molar-refractivity contribution >= 4 is 55.9 Å². The van der Waals surface area contributed by atoms with E-state index in [0.717, 1.165) is 59.8 Å². The Bertz CT molecular complexity index is 4880. The SMILES string of the molecule is CCCCCCCCC1(CCCCCCCC)c2cc(C)ccc2-c2cc3c(cc21)c1cc(-c2ccccc2)ccc1n3-c1cc(CCCCCC)c(-c2ccc(N(c3ccc(-c4ccc(N(c5ccc(C)cc5)c5ccc(C(C)(C)C)cc5)cc4)cc3)c3ccc(C(C)(C)C)cc3)cc2)cc1CCCCCC. The number of fused-ring (bicyclic) bond motifs is 6. The first kappa shape index (κ1) is 77.0. The number of hydrogen-bond acceptors (Lipinski definition) is 2. The number of aromatic nitrogens is 1. The average Bonchev–Trinajstić information content (AvgIpc) is 1.54. The molecule has 1 aromatic heterocycles. The second-order valence-corrected chi connectivity index (χ2v) is 34.0. The lowest BCUT2D eigenvalue weighted by Crippen LogP contribution is -2.25. The molecule has 0 unspecified atom stereocenters. The van der Waals surface area contributed by atoms with E-state index in [0.29, 0.717) is 0 Å². The molecule has 0 saturated carbocycles. The zero-order valence-electron chi connectivity index (χ0n) is 67.8. The molecule has 0 fully saturated rings. The summed E-state index contributed by atoms with van der Waals surface area (Å²) in [7, 11) is 0. The van der Waals surface area contributed by atoms with Crippen LogP contribution in [0.1, 0.15) is 255 Å². The number of aryl methyl sites for hydroxylation is 4. The van der Waals surface area contributed by atoms with Crippen molar-refractivity contribution in [3.05, 3.63) is 281 Å². The molecule has 0 amide bonds. The van der Waals surface area contributed by atoms with E-state index in [1.54, 1.807) is 11.1 Å². The van der Waals surface area contributed by atoms with E-state index in [2.05, 4.69) is 334 Å². The highest BCUT2D eigenvalue weighted by Gasteiger charge is 2.43. The molecule has 0 spiro atoms. The average molecular weight is 1430 g/mol. The number of rotatable bonds is 34. The lowest BCUT2D eigenvalue weighted by Gasteiger charge is -2.33. The van der Waals surface area contributed by atoms with Gasteiger partial charge in [-0.2, -0.15) is 0 Å². The highest BCUT2D eigenvalue weighted by molar-refractivity contribution is 6.13. The third-order valence-corrected chi connectivity index (χ3v) is 23.9. The standard InChI is InChI=1S/C105H123N3/c1-13-17-21-25-27-34-68-105(69-35-28-26-22-18-14-2)98-70-77(6)42-66-93(98)95-75-102-97(74-99(95)105)96-71-82(78-36-32-29-33-37-78)49-67-100(96)108(102)101-73-83(38-30-23-19-15-3)94(72-84(101)39-31-24-20-16-4)81-47-60-90(61-48-81)107(92-64-52-86(53-65-92)104(10,11)12)89-58-45-80(46-59-89)79-43-56-88(57-44-79)106(87-54-40-76(5)41-55-87)91-62-50-85(51-63-91)103(7,8)9/h29,32-33,36-37,40-67,70-75H,13-28,30-31,34-35,38-39,68-69H2,1-12H3. The summed E-state index contributed by atoms with van der Waals surface area (Å²) in [5, 5.41) is 2.75. The van der Waals surface area contributed by atoms with Crippen molar-refractivity contribution in [3.8, 4) is 50.2 Å². The molecule has 0 bridgehead atoms. The van der Waals surface area contributed by atoms with Crippen LogP contribution in [0.2, 0.25) is 0 Å². The van der Waals surface area contributed by atoms with Gasteiger partial charge in [-0.3, -0.25) is 0 Å². The largest absolute Gasteiger partial charge is 0.311 e. The van der Waals surface area contributed by atoms with E-state index >= 15 is 0 Å². The molecule has 3 heteroatoms. The highest BCUT2D eigenvalue weighted by atomic mass is 15.1. The molecule has 13 rings (SSSR count). The van der Waals surface area contributed by atoms with Crippen molar-refractivity contribution in [2.75, 3.05) is 9.80 Å². The van der Waals surface area contributed by atoms with Crippen LogP contribution in [0.25, 0.3) is 72.0 Å². The van der Waals surface area contributed by atoms with Crippen LogP contribution in [-0.4, -0.2) is 4.57 Å². The maximum Gasteiger partial charge on any atom is 0.0547 e. The summed E-state index contributed by atoms with van der Waals surface area (Å²) in [4.78, 5) is 4.83. The fraction of sp³-hybridized carbons (Fsp3) is 0.371. The molecule has 0 atom stereocenters. The smallest absolute Gasteiger partial charge is 0.0547 e. The Morgan fingerprint density at radius 2 is 0.694 bits per heavy atom. The summed E-state index contributed by atoms with van der Waals surface area (Å²) >= 11 is 0. The summed E-state index contributed by atoms with van der Waals surface area (Å²) in [6.07, 6.45) is 29.8. The zero-order chi connectivity index (χ0) is 75.4. The molecule has 1 aliphatic rings. The van der Waals surface area contributed by atoms with Crippen molar-refractivity contribution in [3.63, 3.8) is 0 Å². The van der Waals surface area contributed by atoms with Crippen molar-refractivity contribution in [2.24, 2.45) is 0 Å². The Balaban J connectivity index is 0.917. The van der Waals surface area contributed by atoms with Gasteiger partial charge in [0.2, 0.25) is 0 Å². The summed E-state index contributed by atoms with van der Waals surface area (Å²) in [5.74, 6) is 0.